The first-order chi connectivity index (χ1) is 22.9. The lowest BCUT2D eigenvalue weighted by Gasteiger charge is -2.26. The van der Waals surface area contributed by atoms with E-state index in [-0.39, 0.29) is 25.6 Å². The molecule has 0 amide bonds. The van der Waals surface area contributed by atoms with Crippen LogP contribution >= 0.6 is 0 Å². The number of aromatic nitrogens is 3. The minimum Gasteiger partial charge on any atom is -0.491 e. The SMILES string of the molecule is Nc1ncc2nc1-c1cc(no1)-c1ccc(CNCC3COC3)c(c1)OCCOCCOCCN(CC(=O)O)S(=O)c1ccc-2cc1. The normalized spacial score (nSPS) is 18.2. The number of hydrogen-bond donors (Lipinski definition) is 3. The minimum atomic E-state index is -1.74. The third-order valence-electron chi connectivity index (χ3n) is 7.60. The Morgan fingerprint density at radius 3 is 2.51 bits per heavy atom. The standard InChI is InChI=1S/C32H36N6O8S/c33-32-31-29-14-26(37-46-29)23-1-2-24(16-34-15-21-19-44-20-21)28(13-23)45-12-11-43-10-9-42-8-7-38(18-30(39)40)47(41)25-5-3-22(4-6-25)27(36-31)17-35-32/h1-6,13-14,17,21,34H,7-12,15-16,18-20H2,(H2,33,35)(H,39,40). The van der Waals surface area contributed by atoms with E-state index >= 15 is 0 Å². The van der Waals surface area contributed by atoms with Gasteiger partial charge in [-0.05, 0) is 18.2 Å². The number of carboxylic acids is 1. The highest BCUT2D eigenvalue weighted by molar-refractivity contribution is 7.82. The van der Waals surface area contributed by atoms with E-state index in [9.17, 15) is 14.1 Å². The van der Waals surface area contributed by atoms with E-state index in [2.05, 4.69) is 15.5 Å². The highest BCUT2D eigenvalue weighted by Gasteiger charge is 2.21. The average Bonchev–Trinajstić information content (AvgIpc) is 3.54. The van der Waals surface area contributed by atoms with E-state index in [0.717, 1.165) is 30.9 Å². The first-order valence-corrected chi connectivity index (χ1v) is 16.3. The number of carboxylic acid groups (broad SMARTS) is 1. The lowest BCUT2D eigenvalue weighted by atomic mass is 10.1. The summed E-state index contributed by atoms with van der Waals surface area (Å²) in [5.74, 6) is 0.625. The second-order valence-electron chi connectivity index (χ2n) is 11.0. The van der Waals surface area contributed by atoms with Crippen LogP contribution in [0.25, 0.3) is 34.0 Å². The third kappa shape index (κ3) is 8.38. The molecule has 3 aliphatic rings. The topological polar surface area (TPSA) is 184 Å². The zero-order valence-corrected chi connectivity index (χ0v) is 26.4. The molecule has 0 spiro atoms. The Labute approximate surface area is 273 Å². The molecule has 0 saturated carbocycles. The molecule has 3 aliphatic heterocycles. The zero-order valence-electron chi connectivity index (χ0n) is 25.6. The van der Waals surface area contributed by atoms with Crippen LogP contribution in [0.15, 0.2) is 64.1 Å². The van der Waals surface area contributed by atoms with Crippen molar-refractivity contribution in [2.75, 3.05) is 71.6 Å². The van der Waals surface area contributed by atoms with Crippen LogP contribution in [0.1, 0.15) is 5.56 Å². The number of carbonyl (C=O) groups is 1. The molecule has 0 aliphatic carbocycles. The van der Waals surface area contributed by atoms with Crippen molar-refractivity contribution < 1.29 is 37.6 Å². The van der Waals surface area contributed by atoms with Gasteiger partial charge in [-0.1, -0.05) is 29.4 Å². The van der Waals surface area contributed by atoms with Gasteiger partial charge in [0.1, 0.15) is 35.6 Å². The van der Waals surface area contributed by atoms with Gasteiger partial charge in [0.05, 0.1) is 56.4 Å². The highest BCUT2D eigenvalue weighted by Crippen LogP contribution is 2.32. The molecule has 1 unspecified atom stereocenters. The number of nitrogens with two attached hydrogens (primary N) is 1. The molecule has 1 atom stereocenters. The van der Waals surface area contributed by atoms with Crippen molar-refractivity contribution in [1.82, 2.24) is 24.7 Å². The van der Waals surface area contributed by atoms with Crippen molar-refractivity contribution in [1.29, 1.82) is 0 Å². The molecule has 1 saturated heterocycles. The van der Waals surface area contributed by atoms with Crippen molar-refractivity contribution in [3.8, 4) is 39.7 Å². The Morgan fingerprint density at radius 1 is 0.979 bits per heavy atom. The van der Waals surface area contributed by atoms with Crippen LogP contribution in [-0.2, 0) is 36.5 Å². The predicted octanol–water partition coefficient (Wildman–Crippen LogP) is 2.62. The fourth-order valence-electron chi connectivity index (χ4n) is 5.01. The number of nitrogen functional groups attached to an aromatic ring is 1. The monoisotopic (exact) mass is 664 g/mol. The Kier molecular flexibility index (Phi) is 10.8. The molecule has 47 heavy (non-hydrogen) atoms. The number of benzene rings is 2. The fraction of sp³-hybridized carbons (Fsp3) is 0.375. The van der Waals surface area contributed by atoms with Gasteiger partial charge < -0.3 is 39.6 Å². The van der Waals surface area contributed by atoms with Crippen molar-refractivity contribution in [2.45, 2.75) is 11.4 Å². The lowest BCUT2D eigenvalue weighted by Crippen LogP contribution is -2.36. The van der Waals surface area contributed by atoms with Gasteiger partial charge >= 0.3 is 5.97 Å². The molecule has 4 N–H and O–H groups in total. The quantitative estimate of drug-likeness (QED) is 0.256. The Bertz CT molecular complexity index is 1700. The number of anilines is 1. The van der Waals surface area contributed by atoms with Crippen LogP contribution in [0.2, 0.25) is 0 Å². The van der Waals surface area contributed by atoms with Crippen molar-refractivity contribution in [3.05, 3.63) is 60.3 Å². The van der Waals surface area contributed by atoms with E-state index in [0.29, 0.717) is 71.3 Å². The zero-order chi connectivity index (χ0) is 32.6. The third-order valence-corrected chi connectivity index (χ3v) is 9.06. The second-order valence-corrected chi connectivity index (χ2v) is 12.5. The number of ether oxygens (including phenoxy) is 4. The van der Waals surface area contributed by atoms with Gasteiger partial charge in [-0.3, -0.25) is 4.79 Å². The molecule has 5 heterocycles. The smallest absolute Gasteiger partial charge is 0.318 e. The molecule has 2 aromatic carbocycles. The van der Waals surface area contributed by atoms with Gasteiger partial charge in [-0.15, -0.1) is 0 Å². The van der Waals surface area contributed by atoms with E-state index in [1.54, 1.807) is 30.3 Å². The summed E-state index contributed by atoms with van der Waals surface area (Å²) in [6.45, 7) is 4.17. The van der Waals surface area contributed by atoms with Crippen LogP contribution in [0, 0.1) is 5.92 Å². The van der Waals surface area contributed by atoms with Gasteiger partial charge in [-0.25, -0.2) is 18.5 Å². The largest absolute Gasteiger partial charge is 0.491 e. The highest BCUT2D eigenvalue weighted by atomic mass is 32.2. The molecular weight excluding hydrogens is 628 g/mol. The number of nitrogens with one attached hydrogen (secondary N) is 1. The molecule has 2 aromatic heterocycles. The summed E-state index contributed by atoms with van der Waals surface area (Å²) in [5.41, 5.74) is 10.1. The molecule has 14 nitrogen and oxygen atoms in total. The fourth-order valence-corrected chi connectivity index (χ4v) is 6.15. The Hall–Kier alpha value is -4.25. The maximum atomic E-state index is 13.3. The summed E-state index contributed by atoms with van der Waals surface area (Å²) in [6.07, 6.45) is 1.54. The number of rotatable bonds is 6. The maximum Gasteiger partial charge on any atom is 0.318 e. The van der Waals surface area contributed by atoms with Crippen molar-refractivity contribution >= 4 is 22.8 Å². The molecule has 4 aromatic rings. The number of hydrogen-bond acceptors (Lipinski definition) is 12. The van der Waals surface area contributed by atoms with Gasteiger partial charge in [0.15, 0.2) is 17.3 Å². The molecular formula is C32H36N6O8S. The summed E-state index contributed by atoms with van der Waals surface area (Å²) >= 11 is 0. The summed E-state index contributed by atoms with van der Waals surface area (Å²) in [5, 5.41) is 17.2. The second kappa shape index (κ2) is 15.6. The van der Waals surface area contributed by atoms with Gasteiger partial charge in [-0.2, -0.15) is 0 Å². The van der Waals surface area contributed by atoms with E-state index in [1.807, 2.05) is 18.2 Å². The van der Waals surface area contributed by atoms with Crippen LogP contribution in [0.3, 0.4) is 0 Å². The molecule has 248 valence electrons. The minimum absolute atomic E-state index is 0.149. The van der Waals surface area contributed by atoms with Crippen LogP contribution in [0.4, 0.5) is 5.82 Å². The molecule has 15 heteroatoms. The number of fused-ring (bicyclic) bond motifs is 12. The van der Waals surface area contributed by atoms with E-state index in [1.165, 1.54) is 10.5 Å². The first-order valence-electron chi connectivity index (χ1n) is 15.2. The van der Waals surface area contributed by atoms with Crippen molar-refractivity contribution in [2.24, 2.45) is 5.92 Å². The summed E-state index contributed by atoms with van der Waals surface area (Å²) in [4.78, 5) is 21.0. The molecule has 7 rings (SSSR count). The Balaban J connectivity index is 1.28. The van der Waals surface area contributed by atoms with Gasteiger partial charge in [0.25, 0.3) is 0 Å². The summed E-state index contributed by atoms with van der Waals surface area (Å²) in [6, 6.07) is 14.5. The number of nitrogens with zero attached hydrogens (tertiary/aromatic N) is 4. The van der Waals surface area contributed by atoms with E-state index < -0.39 is 23.5 Å². The van der Waals surface area contributed by atoms with Gasteiger partial charge in [0, 0.05) is 48.3 Å². The first kappa shape index (κ1) is 32.7. The predicted molar refractivity (Wildman–Crippen MR) is 172 cm³/mol. The van der Waals surface area contributed by atoms with Gasteiger partial charge in [0.2, 0.25) is 0 Å². The van der Waals surface area contributed by atoms with Crippen LogP contribution < -0.4 is 15.8 Å². The average molecular weight is 665 g/mol. The Morgan fingerprint density at radius 2 is 1.74 bits per heavy atom. The molecule has 1 fully saturated rings. The summed E-state index contributed by atoms with van der Waals surface area (Å²) < 4.78 is 43.1. The number of aliphatic carboxylic acids is 1. The maximum absolute atomic E-state index is 13.3. The lowest BCUT2D eigenvalue weighted by molar-refractivity contribution is -0.137. The summed E-state index contributed by atoms with van der Waals surface area (Å²) in [7, 11) is -1.74. The molecule has 8 bridgehead atoms. The molecule has 0 radical (unpaired) electrons. The van der Waals surface area contributed by atoms with Crippen LogP contribution in [0.5, 0.6) is 5.75 Å². The van der Waals surface area contributed by atoms with Crippen molar-refractivity contribution in [3.63, 3.8) is 0 Å². The van der Waals surface area contributed by atoms with Crippen LogP contribution in [-0.4, -0.2) is 101 Å². The van der Waals surface area contributed by atoms with E-state index in [4.69, 9.17) is 34.2 Å².